The van der Waals surface area contributed by atoms with Crippen LogP contribution in [-0.2, 0) is 0 Å². The fraction of sp³-hybridized carbons (Fsp3) is 0.333. The van der Waals surface area contributed by atoms with Gasteiger partial charge >= 0.3 is 0 Å². The number of rotatable bonds is 4. The number of piperidine rings is 1. The highest BCUT2D eigenvalue weighted by Crippen LogP contribution is 2.35. The molecule has 140 valence electrons. The number of pyridine rings is 1. The van der Waals surface area contributed by atoms with Gasteiger partial charge in [0.2, 0.25) is 0 Å². The Balaban J connectivity index is 1.52. The Hall–Kier alpha value is -3.02. The molecule has 1 aliphatic rings. The number of aromatic amines is 1. The van der Waals surface area contributed by atoms with Crippen molar-refractivity contribution < 1.29 is 14.3 Å². The predicted octanol–water partition coefficient (Wildman–Crippen LogP) is 3.60. The van der Waals surface area contributed by atoms with Crippen molar-refractivity contribution in [1.29, 1.82) is 0 Å². The van der Waals surface area contributed by atoms with Crippen LogP contribution in [0.2, 0.25) is 0 Å². The van der Waals surface area contributed by atoms with Gasteiger partial charge in [0.1, 0.15) is 17.1 Å². The third-order valence-electron chi connectivity index (χ3n) is 5.33. The number of carbonyl (C=O) groups excluding carboxylic acids is 1. The van der Waals surface area contributed by atoms with E-state index < -0.39 is 0 Å². The molecule has 0 saturated carbocycles. The molecule has 1 aliphatic heterocycles. The van der Waals surface area contributed by atoms with E-state index in [0.717, 1.165) is 23.9 Å². The molecular weight excluding hydrogens is 342 g/mol. The highest BCUT2D eigenvalue weighted by atomic mass is 16.5. The minimum absolute atomic E-state index is 0.0419. The van der Waals surface area contributed by atoms with Crippen molar-refractivity contribution in [3.8, 4) is 11.5 Å². The number of hydrogen-bond donors (Lipinski definition) is 1. The van der Waals surface area contributed by atoms with Crippen LogP contribution in [0.4, 0.5) is 0 Å². The van der Waals surface area contributed by atoms with Crippen LogP contribution in [0.1, 0.15) is 34.7 Å². The molecule has 0 bridgehead atoms. The second kappa shape index (κ2) is 7.31. The van der Waals surface area contributed by atoms with Gasteiger partial charge in [0, 0.05) is 25.5 Å². The van der Waals surface area contributed by atoms with E-state index in [4.69, 9.17) is 9.47 Å². The van der Waals surface area contributed by atoms with E-state index in [-0.39, 0.29) is 5.91 Å². The summed E-state index contributed by atoms with van der Waals surface area (Å²) in [6.07, 6.45) is 5.70. The average Bonchev–Trinajstić information content (AvgIpc) is 3.17. The first-order chi connectivity index (χ1) is 13.2. The number of nitrogens with zero attached hydrogens (tertiary/aromatic N) is 2. The Labute approximate surface area is 158 Å². The molecule has 27 heavy (non-hydrogen) atoms. The smallest absolute Gasteiger partial charge is 0.261 e. The summed E-state index contributed by atoms with van der Waals surface area (Å²) in [7, 11) is 3.14. The van der Waals surface area contributed by atoms with Crippen molar-refractivity contribution in [2.24, 2.45) is 0 Å². The second-order valence-electron chi connectivity index (χ2n) is 6.75. The van der Waals surface area contributed by atoms with Gasteiger partial charge in [0.25, 0.3) is 5.91 Å². The monoisotopic (exact) mass is 365 g/mol. The first-order valence-electron chi connectivity index (χ1n) is 9.15. The van der Waals surface area contributed by atoms with Crippen LogP contribution in [0.5, 0.6) is 11.5 Å². The molecule has 3 heterocycles. The third-order valence-corrected chi connectivity index (χ3v) is 5.33. The summed E-state index contributed by atoms with van der Waals surface area (Å²) in [4.78, 5) is 22.8. The predicted molar refractivity (Wildman–Crippen MR) is 104 cm³/mol. The number of H-pyrrole nitrogens is 1. The molecule has 1 N–H and O–H groups in total. The minimum atomic E-state index is -0.0419. The van der Waals surface area contributed by atoms with Crippen LogP contribution in [0.15, 0.2) is 42.7 Å². The number of likely N-dealkylation sites (tertiary alicyclic amines) is 1. The molecule has 1 saturated heterocycles. The van der Waals surface area contributed by atoms with Crippen molar-refractivity contribution in [2.75, 3.05) is 27.3 Å². The van der Waals surface area contributed by atoms with E-state index in [1.807, 2.05) is 29.3 Å². The summed E-state index contributed by atoms with van der Waals surface area (Å²) in [6, 6.07) is 9.38. The summed E-state index contributed by atoms with van der Waals surface area (Å²) >= 11 is 0. The molecule has 1 fully saturated rings. The quantitative estimate of drug-likeness (QED) is 0.767. The van der Waals surface area contributed by atoms with E-state index in [2.05, 4.69) is 16.2 Å². The summed E-state index contributed by atoms with van der Waals surface area (Å²) in [6.45, 7) is 1.40. The molecule has 0 unspecified atom stereocenters. The molecule has 1 aromatic carbocycles. The SMILES string of the molecule is COc1cccc(OC)c1C(=O)N1CCC(c2c[nH]c3cccnc23)CC1. The fourth-order valence-corrected chi connectivity index (χ4v) is 3.90. The molecule has 4 rings (SSSR count). The number of fused-ring (bicyclic) bond motifs is 1. The zero-order valence-corrected chi connectivity index (χ0v) is 15.6. The normalized spacial score (nSPS) is 15.1. The number of methoxy groups -OCH3 is 2. The fourth-order valence-electron chi connectivity index (χ4n) is 3.90. The van der Waals surface area contributed by atoms with Gasteiger partial charge in [-0.2, -0.15) is 0 Å². The molecule has 0 atom stereocenters. The van der Waals surface area contributed by atoms with Crippen molar-refractivity contribution in [3.05, 3.63) is 53.9 Å². The Morgan fingerprint density at radius 1 is 1.11 bits per heavy atom. The average molecular weight is 365 g/mol. The molecule has 1 amide bonds. The van der Waals surface area contributed by atoms with Crippen LogP contribution in [0, 0.1) is 0 Å². The van der Waals surface area contributed by atoms with E-state index >= 15 is 0 Å². The van der Waals surface area contributed by atoms with Gasteiger partial charge in [0.15, 0.2) is 0 Å². The molecular formula is C21H23N3O3. The maximum absolute atomic E-state index is 13.1. The van der Waals surface area contributed by atoms with Crippen molar-refractivity contribution in [3.63, 3.8) is 0 Å². The lowest BCUT2D eigenvalue weighted by Gasteiger charge is -2.32. The maximum Gasteiger partial charge on any atom is 0.261 e. The van der Waals surface area contributed by atoms with Crippen molar-refractivity contribution in [2.45, 2.75) is 18.8 Å². The summed E-state index contributed by atoms with van der Waals surface area (Å²) in [5.74, 6) is 1.45. The van der Waals surface area contributed by atoms with E-state index in [0.29, 0.717) is 36.1 Å². The Bertz CT molecular complexity index is 936. The summed E-state index contributed by atoms with van der Waals surface area (Å²) in [5.41, 5.74) is 3.83. The molecule has 0 radical (unpaired) electrons. The Kier molecular flexibility index (Phi) is 4.71. The molecule has 2 aromatic heterocycles. The van der Waals surface area contributed by atoms with Crippen molar-refractivity contribution >= 4 is 16.9 Å². The number of amides is 1. The van der Waals surface area contributed by atoms with Gasteiger partial charge in [-0.3, -0.25) is 9.78 Å². The molecule has 3 aromatic rings. The van der Waals surface area contributed by atoms with Gasteiger partial charge in [-0.25, -0.2) is 0 Å². The highest BCUT2D eigenvalue weighted by molar-refractivity contribution is 5.99. The topological polar surface area (TPSA) is 67.5 Å². The number of hydrogen-bond acceptors (Lipinski definition) is 4. The lowest BCUT2D eigenvalue weighted by molar-refractivity contribution is 0.0706. The van der Waals surface area contributed by atoms with E-state index in [1.165, 1.54) is 5.56 Å². The van der Waals surface area contributed by atoms with E-state index in [9.17, 15) is 4.79 Å². The van der Waals surface area contributed by atoms with Crippen LogP contribution >= 0.6 is 0 Å². The number of ether oxygens (including phenoxy) is 2. The molecule has 0 aliphatic carbocycles. The Morgan fingerprint density at radius 2 is 1.81 bits per heavy atom. The number of benzene rings is 1. The molecule has 6 heteroatoms. The highest BCUT2D eigenvalue weighted by Gasteiger charge is 2.29. The molecule has 6 nitrogen and oxygen atoms in total. The lowest BCUT2D eigenvalue weighted by Crippen LogP contribution is -2.38. The zero-order chi connectivity index (χ0) is 18.8. The van der Waals surface area contributed by atoms with Crippen LogP contribution in [0.25, 0.3) is 11.0 Å². The first kappa shape index (κ1) is 17.4. The van der Waals surface area contributed by atoms with Gasteiger partial charge in [-0.1, -0.05) is 6.07 Å². The van der Waals surface area contributed by atoms with Gasteiger partial charge in [0.05, 0.1) is 25.3 Å². The van der Waals surface area contributed by atoms with Crippen LogP contribution < -0.4 is 9.47 Å². The third kappa shape index (κ3) is 3.12. The first-order valence-corrected chi connectivity index (χ1v) is 9.15. The minimum Gasteiger partial charge on any atom is -0.496 e. The Morgan fingerprint density at radius 3 is 2.48 bits per heavy atom. The van der Waals surface area contributed by atoms with Crippen molar-refractivity contribution in [1.82, 2.24) is 14.9 Å². The number of carbonyl (C=O) groups is 1. The van der Waals surface area contributed by atoms with E-state index in [1.54, 1.807) is 26.4 Å². The number of aromatic nitrogens is 2. The summed E-state index contributed by atoms with van der Waals surface area (Å²) < 4.78 is 10.8. The maximum atomic E-state index is 13.1. The summed E-state index contributed by atoms with van der Waals surface area (Å²) in [5, 5.41) is 0. The van der Waals surface area contributed by atoms with Gasteiger partial charge in [-0.15, -0.1) is 0 Å². The number of nitrogens with one attached hydrogen (secondary N) is 1. The van der Waals surface area contributed by atoms with Gasteiger partial charge < -0.3 is 19.4 Å². The van der Waals surface area contributed by atoms with Gasteiger partial charge in [-0.05, 0) is 48.6 Å². The van der Waals surface area contributed by atoms with Crippen LogP contribution in [-0.4, -0.2) is 48.1 Å². The van der Waals surface area contributed by atoms with Crippen LogP contribution in [0.3, 0.4) is 0 Å². The largest absolute Gasteiger partial charge is 0.496 e. The lowest BCUT2D eigenvalue weighted by atomic mass is 9.90. The second-order valence-corrected chi connectivity index (χ2v) is 6.75. The zero-order valence-electron chi connectivity index (χ0n) is 15.6. The standard InChI is InChI=1S/C21H23N3O3/c1-26-17-6-3-7-18(27-2)19(17)21(25)24-11-8-14(9-12-24)15-13-23-16-5-4-10-22-20(15)16/h3-7,10,13-14,23H,8-9,11-12H2,1-2H3. The molecule has 0 spiro atoms.